The van der Waals surface area contributed by atoms with Crippen LogP contribution in [0.3, 0.4) is 0 Å². The Labute approximate surface area is 200 Å². The van der Waals surface area contributed by atoms with E-state index in [1.807, 2.05) is 13.8 Å². The van der Waals surface area contributed by atoms with Crippen LogP contribution in [-0.4, -0.2) is 53.2 Å². The Morgan fingerprint density at radius 1 is 1.03 bits per heavy atom. The number of hydrogen-bond acceptors (Lipinski definition) is 8. The van der Waals surface area contributed by atoms with Gasteiger partial charge in [0.25, 0.3) is 5.60 Å². The molecule has 4 rings (SSSR count). The lowest BCUT2D eigenvalue weighted by molar-refractivity contribution is -0.253. The van der Waals surface area contributed by atoms with Crippen molar-refractivity contribution < 1.29 is 38.6 Å². The van der Waals surface area contributed by atoms with Crippen molar-refractivity contribution >= 4 is 29.3 Å². The van der Waals surface area contributed by atoms with Gasteiger partial charge in [-0.2, -0.15) is 0 Å². The largest absolute Gasteiger partial charge is 0.466 e. The van der Waals surface area contributed by atoms with Gasteiger partial charge in [-0.1, -0.05) is 41.5 Å². The summed E-state index contributed by atoms with van der Waals surface area (Å²) in [5.41, 5.74) is -6.34. The van der Waals surface area contributed by atoms with Crippen LogP contribution in [0.2, 0.25) is 0 Å². The van der Waals surface area contributed by atoms with Crippen LogP contribution in [0.5, 0.6) is 0 Å². The number of cyclic esters (lactones) is 1. The highest BCUT2D eigenvalue weighted by molar-refractivity contribution is 6.14. The van der Waals surface area contributed by atoms with E-state index in [1.54, 1.807) is 27.7 Å². The summed E-state index contributed by atoms with van der Waals surface area (Å²) in [5.74, 6) is -5.27. The van der Waals surface area contributed by atoms with E-state index >= 15 is 0 Å². The molecule has 1 aliphatic heterocycles. The van der Waals surface area contributed by atoms with Crippen molar-refractivity contribution in [3.8, 4) is 0 Å². The average Bonchev–Trinajstić information content (AvgIpc) is 2.75. The molecule has 1 unspecified atom stereocenters. The number of rotatable bonds is 1. The molecule has 9 atom stereocenters. The number of esters is 2. The number of ether oxygens (including phenoxy) is 2. The molecule has 0 aromatic heterocycles. The van der Waals surface area contributed by atoms with Gasteiger partial charge in [0.1, 0.15) is 11.9 Å². The van der Waals surface area contributed by atoms with Crippen LogP contribution in [0.25, 0.3) is 0 Å². The van der Waals surface area contributed by atoms with Crippen molar-refractivity contribution in [1.29, 1.82) is 0 Å². The molecule has 0 aromatic carbocycles. The molecular weight excluding hydrogens is 440 g/mol. The molecule has 3 aliphatic carbocycles. The van der Waals surface area contributed by atoms with Gasteiger partial charge in [0.15, 0.2) is 11.6 Å². The van der Waals surface area contributed by atoms with Crippen molar-refractivity contribution in [1.82, 2.24) is 0 Å². The monoisotopic (exact) mass is 476 g/mol. The van der Waals surface area contributed by atoms with Crippen molar-refractivity contribution in [2.24, 2.45) is 45.3 Å². The van der Waals surface area contributed by atoms with Gasteiger partial charge in [-0.3, -0.25) is 19.2 Å². The van der Waals surface area contributed by atoms with E-state index in [1.165, 1.54) is 6.92 Å². The van der Waals surface area contributed by atoms with Crippen LogP contribution in [0.1, 0.15) is 67.7 Å². The first-order valence-corrected chi connectivity index (χ1v) is 12.1. The van der Waals surface area contributed by atoms with Crippen molar-refractivity contribution in [3.63, 3.8) is 0 Å². The van der Waals surface area contributed by atoms with E-state index in [2.05, 4.69) is 0 Å². The Morgan fingerprint density at radius 2 is 1.62 bits per heavy atom. The zero-order valence-electron chi connectivity index (χ0n) is 21.3. The number of hydrogen-bond donors (Lipinski definition) is 1. The zero-order chi connectivity index (χ0) is 25.8. The van der Waals surface area contributed by atoms with Gasteiger partial charge in [0, 0.05) is 28.6 Å². The van der Waals surface area contributed by atoms with Gasteiger partial charge in [0.05, 0.1) is 13.0 Å². The van der Waals surface area contributed by atoms with Crippen LogP contribution in [-0.2, 0) is 33.4 Å². The summed E-state index contributed by atoms with van der Waals surface area (Å²) in [4.78, 5) is 66.7. The lowest BCUT2D eigenvalue weighted by atomic mass is 9.34. The van der Waals surface area contributed by atoms with E-state index in [9.17, 15) is 29.1 Å². The first-order chi connectivity index (χ1) is 15.5. The molecule has 0 aromatic rings. The molecule has 188 valence electrons. The smallest absolute Gasteiger partial charge is 0.357 e. The van der Waals surface area contributed by atoms with E-state index in [0.29, 0.717) is 19.3 Å². The number of Topliss-reactive ketones (excluding diaryl/α,β-unsaturated/α-hetero) is 3. The third-order valence-electron chi connectivity index (χ3n) is 10.6. The van der Waals surface area contributed by atoms with Gasteiger partial charge >= 0.3 is 11.9 Å². The summed E-state index contributed by atoms with van der Waals surface area (Å²) in [5, 5.41) is 11.6. The summed E-state index contributed by atoms with van der Waals surface area (Å²) in [6, 6.07) is 0. The number of fused-ring (bicyclic) bond motifs is 5. The average molecular weight is 477 g/mol. The number of aliphatic hydroxyl groups is 1. The molecule has 4 aliphatic rings. The Kier molecular flexibility index (Phi) is 5.14. The maximum absolute atomic E-state index is 13.9. The summed E-state index contributed by atoms with van der Waals surface area (Å²) < 4.78 is 10.3. The van der Waals surface area contributed by atoms with E-state index < -0.39 is 68.7 Å². The van der Waals surface area contributed by atoms with Gasteiger partial charge in [-0.15, -0.1) is 0 Å². The Hall–Kier alpha value is -2.09. The minimum absolute atomic E-state index is 0.00563. The normalized spacial score (nSPS) is 50.0. The van der Waals surface area contributed by atoms with Crippen LogP contribution in [0, 0.1) is 45.3 Å². The van der Waals surface area contributed by atoms with Gasteiger partial charge in [0.2, 0.25) is 0 Å². The second-order valence-corrected chi connectivity index (χ2v) is 12.4. The van der Waals surface area contributed by atoms with E-state index in [4.69, 9.17) is 9.47 Å². The second kappa shape index (κ2) is 6.99. The SMILES string of the molecule is COC(=O)[C@@]1(C)OC(=O)[C@@H]2[C@@]3(C)[C@H](O)C(=O)[C@@H]4C(C)(C)C(=O)CC[C@@]4(C)[C@@H]3CC(C)[C@@]2(C)C1=O. The maximum atomic E-state index is 13.9. The lowest BCUT2D eigenvalue weighted by Crippen LogP contribution is -2.77. The molecule has 8 heteroatoms. The minimum Gasteiger partial charge on any atom is -0.466 e. The fourth-order valence-electron chi connectivity index (χ4n) is 8.67. The molecule has 1 heterocycles. The number of methoxy groups -OCH3 is 1. The third kappa shape index (κ3) is 2.56. The highest BCUT2D eigenvalue weighted by atomic mass is 16.6. The predicted molar refractivity (Wildman–Crippen MR) is 119 cm³/mol. The highest BCUT2D eigenvalue weighted by Crippen LogP contribution is 2.71. The number of carbonyl (C=O) groups excluding carboxylic acids is 5. The topological polar surface area (TPSA) is 124 Å². The minimum atomic E-state index is -2.09. The molecule has 1 N–H and O–H groups in total. The van der Waals surface area contributed by atoms with Crippen LogP contribution >= 0.6 is 0 Å². The summed E-state index contributed by atoms with van der Waals surface area (Å²) in [6.07, 6.45) is -0.310. The van der Waals surface area contributed by atoms with Gasteiger partial charge in [-0.25, -0.2) is 4.79 Å². The van der Waals surface area contributed by atoms with E-state index in [0.717, 1.165) is 7.11 Å². The molecule has 0 spiro atoms. The quantitative estimate of drug-likeness (QED) is 0.452. The summed E-state index contributed by atoms with van der Waals surface area (Å²) in [7, 11) is 1.13. The maximum Gasteiger partial charge on any atom is 0.357 e. The fourth-order valence-corrected chi connectivity index (χ4v) is 8.67. The molecule has 1 saturated heterocycles. The first kappa shape index (κ1) is 25.0. The van der Waals surface area contributed by atoms with Gasteiger partial charge < -0.3 is 14.6 Å². The molecule has 0 amide bonds. The van der Waals surface area contributed by atoms with Crippen molar-refractivity contribution in [2.75, 3.05) is 7.11 Å². The summed E-state index contributed by atoms with van der Waals surface area (Å²) >= 11 is 0. The summed E-state index contributed by atoms with van der Waals surface area (Å²) in [6.45, 7) is 12.0. The molecule has 8 nitrogen and oxygen atoms in total. The van der Waals surface area contributed by atoms with E-state index in [-0.39, 0.29) is 17.6 Å². The Morgan fingerprint density at radius 3 is 2.18 bits per heavy atom. The van der Waals surface area contributed by atoms with Crippen molar-refractivity contribution in [2.45, 2.75) is 79.4 Å². The highest BCUT2D eigenvalue weighted by Gasteiger charge is 2.78. The van der Waals surface area contributed by atoms with Crippen LogP contribution in [0.15, 0.2) is 0 Å². The molecule has 34 heavy (non-hydrogen) atoms. The standard InChI is InChI=1S/C26H36O8/c1-12-11-13-23(4)10-9-14(27)22(2,3)16(23)15(28)18(29)25(13,6)17-19(30)34-26(7,21(32)33-8)20(31)24(12,17)5/h12-13,16-18,29H,9-11H2,1-8H3/t12?,13-,16+,17-,18+,23-,24+,25-,26-/m0/s1. The van der Waals surface area contributed by atoms with Crippen molar-refractivity contribution in [3.05, 3.63) is 0 Å². The molecule has 4 fully saturated rings. The second-order valence-electron chi connectivity index (χ2n) is 12.4. The molecular formula is C26H36O8. The number of aliphatic hydroxyl groups excluding tert-OH is 1. The Balaban J connectivity index is 1.92. The zero-order valence-corrected chi connectivity index (χ0v) is 21.3. The van der Waals surface area contributed by atoms with Crippen LogP contribution < -0.4 is 0 Å². The third-order valence-corrected chi connectivity index (χ3v) is 10.6. The molecule has 3 saturated carbocycles. The first-order valence-electron chi connectivity index (χ1n) is 12.1. The fraction of sp³-hybridized carbons (Fsp3) is 0.808. The predicted octanol–water partition coefficient (Wildman–Crippen LogP) is 2.28. The van der Waals surface area contributed by atoms with Gasteiger partial charge in [-0.05, 0) is 37.0 Å². The molecule has 0 bridgehead atoms. The lowest BCUT2D eigenvalue weighted by Gasteiger charge is -2.69. The number of ketones is 3. The van der Waals surface area contributed by atoms with Crippen LogP contribution in [0.4, 0.5) is 0 Å². The molecule has 0 radical (unpaired) electrons. The number of carbonyl (C=O) groups is 5. The Bertz CT molecular complexity index is 1010.